The lowest BCUT2D eigenvalue weighted by Gasteiger charge is -2.27. The smallest absolute Gasteiger partial charge is 0.201 e. The largest absolute Gasteiger partial charge is 0.507 e. The summed E-state index contributed by atoms with van der Waals surface area (Å²) in [6, 6.07) is 22.4. The lowest BCUT2D eigenvalue weighted by molar-refractivity contribution is 0.0974. The number of carbonyl (C=O) groups excluding carboxylic acids is 2. The molecule has 0 amide bonds. The number of carbonyl (C=O) groups is 2. The van der Waals surface area contributed by atoms with Gasteiger partial charge in [0.2, 0.25) is 5.78 Å². The van der Waals surface area contributed by atoms with Crippen molar-refractivity contribution >= 4 is 46.9 Å². The zero-order chi connectivity index (χ0) is 29.3. The first-order chi connectivity index (χ1) is 19.7. The number of phenolic OH excluding ortho intramolecular Hbond substituents is 2. The van der Waals surface area contributed by atoms with Crippen LogP contribution in [-0.4, -0.2) is 53.9 Å². The summed E-state index contributed by atoms with van der Waals surface area (Å²) >= 11 is 6.27. The summed E-state index contributed by atoms with van der Waals surface area (Å²) in [6.07, 6.45) is 3.30. The van der Waals surface area contributed by atoms with Crippen LogP contribution >= 0.6 is 24.0 Å². The lowest BCUT2D eigenvalue weighted by atomic mass is 9.82. The van der Waals surface area contributed by atoms with Crippen molar-refractivity contribution < 1.29 is 19.8 Å². The van der Waals surface area contributed by atoms with Crippen LogP contribution in [-0.2, 0) is 12.8 Å². The molecule has 4 aromatic carbocycles. The summed E-state index contributed by atoms with van der Waals surface area (Å²) in [6.45, 7) is 3.84. The maximum Gasteiger partial charge on any atom is 0.201 e. The maximum absolute atomic E-state index is 12.3. The number of benzene rings is 4. The van der Waals surface area contributed by atoms with Crippen molar-refractivity contribution in [3.8, 4) is 11.5 Å². The van der Waals surface area contributed by atoms with Crippen LogP contribution in [0.2, 0.25) is 5.02 Å². The average molecular weight is 606 g/mol. The monoisotopic (exact) mass is 604 g/mol. The SMILES string of the molecule is CN(C)CCCN1c2ccccc2CCc2ccc(Cl)cc21.Cc1cc(O)c2c(c1)C(=O)c1cccc(O)c1C2=O.Cl. The van der Waals surface area contributed by atoms with Crippen molar-refractivity contribution in [2.45, 2.75) is 26.2 Å². The Labute approximate surface area is 257 Å². The first-order valence-electron chi connectivity index (χ1n) is 13.7. The van der Waals surface area contributed by atoms with E-state index in [1.807, 2.05) is 6.07 Å². The Balaban J connectivity index is 0.000000190. The van der Waals surface area contributed by atoms with E-state index in [4.69, 9.17) is 11.6 Å². The highest BCUT2D eigenvalue weighted by Crippen LogP contribution is 2.38. The molecule has 0 saturated carbocycles. The third-order valence-electron chi connectivity index (χ3n) is 7.52. The molecule has 0 bridgehead atoms. The van der Waals surface area contributed by atoms with Gasteiger partial charge in [-0.05, 0) is 99.9 Å². The Morgan fingerprint density at radius 3 is 2.21 bits per heavy atom. The topological polar surface area (TPSA) is 81.1 Å². The van der Waals surface area contributed by atoms with Crippen molar-refractivity contribution in [2.24, 2.45) is 0 Å². The number of halogens is 2. The van der Waals surface area contributed by atoms with Crippen LogP contribution in [0.4, 0.5) is 11.4 Å². The Bertz CT molecular complexity index is 1650. The van der Waals surface area contributed by atoms with Gasteiger partial charge in [0.25, 0.3) is 0 Å². The van der Waals surface area contributed by atoms with Gasteiger partial charge in [0.15, 0.2) is 5.78 Å². The molecule has 2 aliphatic rings. The van der Waals surface area contributed by atoms with Gasteiger partial charge in [-0.2, -0.15) is 0 Å². The van der Waals surface area contributed by atoms with Crippen molar-refractivity contribution in [1.29, 1.82) is 0 Å². The fraction of sp³-hybridized carbons (Fsp3) is 0.235. The van der Waals surface area contributed by atoms with E-state index in [1.165, 1.54) is 46.8 Å². The molecule has 0 fully saturated rings. The number of fused-ring (bicyclic) bond motifs is 4. The summed E-state index contributed by atoms with van der Waals surface area (Å²) in [5.41, 5.74) is 6.40. The van der Waals surface area contributed by atoms with E-state index >= 15 is 0 Å². The minimum atomic E-state index is -0.528. The average Bonchev–Trinajstić information content (AvgIpc) is 3.08. The molecule has 0 saturated heterocycles. The Kier molecular flexibility index (Phi) is 9.62. The van der Waals surface area contributed by atoms with Crippen molar-refractivity contribution in [3.05, 3.63) is 117 Å². The highest BCUT2D eigenvalue weighted by Gasteiger charge is 2.34. The number of aromatic hydroxyl groups is 2. The molecule has 0 spiro atoms. The van der Waals surface area contributed by atoms with Gasteiger partial charge in [-0.3, -0.25) is 9.59 Å². The van der Waals surface area contributed by atoms with Crippen LogP contribution in [0, 0.1) is 6.92 Å². The quantitative estimate of drug-likeness (QED) is 0.227. The van der Waals surface area contributed by atoms with Crippen LogP contribution in [0.3, 0.4) is 0 Å². The highest BCUT2D eigenvalue weighted by molar-refractivity contribution is 6.31. The fourth-order valence-corrected chi connectivity index (χ4v) is 5.76. The summed E-state index contributed by atoms with van der Waals surface area (Å²) in [5, 5.41) is 20.5. The van der Waals surface area contributed by atoms with Crippen LogP contribution in [0.25, 0.3) is 0 Å². The highest BCUT2D eigenvalue weighted by atomic mass is 35.5. The number of hydrogen-bond acceptors (Lipinski definition) is 6. The number of phenols is 2. The number of ketones is 2. The van der Waals surface area contributed by atoms with Gasteiger partial charge in [-0.1, -0.05) is 48.0 Å². The van der Waals surface area contributed by atoms with Crippen molar-refractivity contribution in [3.63, 3.8) is 0 Å². The molecule has 0 atom stereocenters. The van der Waals surface area contributed by atoms with Crippen LogP contribution in [0.5, 0.6) is 11.5 Å². The molecule has 2 N–H and O–H groups in total. The summed E-state index contributed by atoms with van der Waals surface area (Å²) < 4.78 is 0. The van der Waals surface area contributed by atoms with Gasteiger partial charge < -0.3 is 20.0 Å². The summed E-state index contributed by atoms with van der Waals surface area (Å²) in [4.78, 5) is 29.4. The number of anilines is 2. The minimum Gasteiger partial charge on any atom is -0.507 e. The molecule has 0 aromatic heterocycles. The normalized spacial score (nSPS) is 13.1. The van der Waals surface area contributed by atoms with Crippen molar-refractivity contribution in [2.75, 3.05) is 32.1 Å². The van der Waals surface area contributed by atoms with E-state index in [0.29, 0.717) is 5.56 Å². The molecule has 6 rings (SSSR count). The van der Waals surface area contributed by atoms with E-state index in [9.17, 15) is 19.8 Å². The zero-order valence-electron chi connectivity index (χ0n) is 23.9. The molecule has 1 aliphatic carbocycles. The van der Waals surface area contributed by atoms with E-state index < -0.39 is 5.78 Å². The van der Waals surface area contributed by atoms with E-state index in [2.05, 4.69) is 60.3 Å². The van der Waals surface area contributed by atoms with Gasteiger partial charge in [0.05, 0.1) is 11.1 Å². The Hall–Kier alpha value is -3.84. The molecule has 42 heavy (non-hydrogen) atoms. The third kappa shape index (κ3) is 6.16. The van der Waals surface area contributed by atoms with Gasteiger partial charge in [-0.25, -0.2) is 0 Å². The molecule has 4 aromatic rings. The first kappa shape index (κ1) is 31.1. The number of aryl methyl sites for hydroxylation is 3. The van der Waals surface area contributed by atoms with Gasteiger partial charge in [0.1, 0.15) is 11.5 Å². The molecule has 0 radical (unpaired) electrons. The predicted octanol–water partition coefficient (Wildman–Crippen LogP) is 7.13. The van der Waals surface area contributed by atoms with Gasteiger partial charge in [-0.15, -0.1) is 12.4 Å². The second-order valence-electron chi connectivity index (χ2n) is 10.8. The van der Waals surface area contributed by atoms with Crippen LogP contribution < -0.4 is 4.90 Å². The zero-order valence-corrected chi connectivity index (χ0v) is 25.4. The lowest BCUT2D eigenvalue weighted by Crippen LogP contribution is -2.24. The van der Waals surface area contributed by atoms with E-state index in [-0.39, 0.29) is 51.9 Å². The van der Waals surface area contributed by atoms with Gasteiger partial charge >= 0.3 is 0 Å². The fourth-order valence-electron chi connectivity index (χ4n) is 5.59. The third-order valence-corrected chi connectivity index (χ3v) is 7.75. The molecule has 218 valence electrons. The first-order valence-corrected chi connectivity index (χ1v) is 14.1. The Morgan fingerprint density at radius 2 is 1.48 bits per heavy atom. The molecule has 6 nitrogen and oxygen atoms in total. The predicted molar refractivity (Wildman–Crippen MR) is 171 cm³/mol. The Morgan fingerprint density at radius 1 is 0.786 bits per heavy atom. The number of rotatable bonds is 4. The minimum absolute atomic E-state index is 0. The van der Waals surface area contributed by atoms with E-state index in [1.54, 1.807) is 13.0 Å². The van der Waals surface area contributed by atoms with Gasteiger partial charge in [0, 0.05) is 34.1 Å². The molecule has 1 aliphatic heterocycles. The number of hydrogen-bond donors (Lipinski definition) is 2. The standard InChI is InChI=1S/C19H23ClN2.C15H10O4.ClH/c1-21(2)12-5-13-22-18-7-4-3-6-15(18)8-9-16-10-11-17(20)14-19(16)22;1-7-5-9-13(11(17)6-7)15(19)12-8(14(9)18)3-2-4-10(12)16;/h3-4,6-7,10-11,14H,5,8-9,12-13H2,1-2H3;2-6,16-17H,1H3;1H. The number of para-hydroxylation sites is 1. The van der Waals surface area contributed by atoms with Crippen molar-refractivity contribution in [1.82, 2.24) is 4.90 Å². The second-order valence-corrected chi connectivity index (χ2v) is 11.2. The van der Waals surface area contributed by atoms with E-state index in [0.717, 1.165) is 37.4 Å². The summed E-state index contributed by atoms with van der Waals surface area (Å²) in [5.74, 6) is -1.37. The molecular formula is C34H34Cl2N2O4. The summed E-state index contributed by atoms with van der Waals surface area (Å²) in [7, 11) is 4.25. The second kappa shape index (κ2) is 13.0. The maximum atomic E-state index is 12.3. The van der Waals surface area contributed by atoms with Crippen LogP contribution in [0.1, 0.15) is 55.0 Å². The van der Waals surface area contributed by atoms with Crippen LogP contribution in [0.15, 0.2) is 72.8 Å². The molecule has 1 heterocycles. The molecule has 0 unspecified atom stereocenters. The molecule has 8 heteroatoms. The number of nitrogens with zero attached hydrogens (tertiary/aromatic N) is 2. The molecular weight excluding hydrogens is 571 g/mol.